The molecular weight excluding hydrogens is 491 g/mol. The van der Waals surface area contributed by atoms with Crippen LogP contribution in [0.2, 0.25) is 0 Å². The Morgan fingerprint density at radius 3 is 2.68 bits per heavy atom. The van der Waals surface area contributed by atoms with Crippen LogP contribution < -0.4 is 14.8 Å². The lowest BCUT2D eigenvalue weighted by Crippen LogP contribution is -2.53. The highest BCUT2D eigenvalue weighted by atomic mass is 127. The summed E-state index contributed by atoms with van der Waals surface area (Å²) < 4.78 is 12.6. The third-order valence-corrected chi connectivity index (χ3v) is 5.16. The van der Waals surface area contributed by atoms with Gasteiger partial charge in [0.1, 0.15) is 5.57 Å². The van der Waals surface area contributed by atoms with Crippen LogP contribution in [0, 0.1) is 3.57 Å². The second kappa shape index (κ2) is 10.0. The summed E-state index contributed by atoms with van der Waals surface area (Å²) in [7, 11) is 0. The zero-order chi connectivity index (χ0) is 20.8. The van der Waals surface area contributed by atoms with Gasteiger partial charge in [-0.25, -0.2) is 0 Å². The number of hydrogen-bond donors (Lipinski definition) is 1. The molecule has 1 heterocycles. The van der Waals surface area contributed by atoms with Gasteiger partial charge in [-0.1, -0.05) is 13.0 Å². The lowest BCUT2D eigenvalue weighted by atomic mass is 10.1. The molecule has 1 aliphatic heterocycles. The van der Waals surface area contributed by atoms with Crippen molar-refractivity contribution in [3.05, 3.63) is 39.5 Å². The molecule has 2 amide bonds. The molecule has 0 radical (unpaired) electrons. The normalized spacial score (nSPS) is 16.8. The van der Waals surface area contributed by atoms with E-state index in [0.717, 1.165) is 9.99 Å². The minimum Gasteiger partial charge on any atom is -0.490 e. The topological polar surface area (TPSA) is 67.9 Å². The molecule has 1 fully saturated rings. The first-order chi connectivity index (χ1) is 13.3. The molecule has 0 aromatic heterocycles. The van der Waals surface area contributed by atoms with Crippen molar-refractivity contribution in [2.24, 2.45) is 0 Å². The van der Waals surface area contributed by atoms with Gasteiger partial charge in [0, 0.05) is 6.54 Å². The van der Waals surface area contributed by atoms with E-state index in [4.69, 9.17) is 21.7 Å². The molecule has 0 unspecified atom stereocenters. The quantitative estimate of drug-likeness (QED) is 0.189. The molecule has 1 aromatic carbocycles. The van der Waals surface area contributed by atoms with Crippen LogP contribution in [0.5, 0.6) is 11.5 Å². The highest BCUT2D eigenvalue weighted by Crippen LogP contribution is 2.36. The third-order valence-electron chi connectivity index (χ3n) is 4.03. The second-order valence-electron chi connectivity index (χ2n) is 6.12. The van der Waals surface area contributed by atoms with Crippen LogP contribution in [0.3, 0.4) is 0 Å². The monoisotopic (exact) mass is 514 g/mol. The Morgan fingerprint density at radius 2 is 2.07 bits per heavy atom. The van der Waals surface area contributed by atoms with Crippen molar-refractivity contribution in [3.63, 3.8) is 0 Å². The molecule has 28 heavy (non-hydrogen) atoms. The summed E-state index contributed by atoms with van der Waals surface area (Å²) in [6.07, 6.45) is 3.99. The van der Waals surface area contributed by atoms with Crippen molar-refractivity contribution in [1.29, 1.82) is 0 Å². The Hall–Kier alpha value is -1.94. The van der Waals surface area contributed by atoms with Gasteiger partial charge in [0.2, 0.25) is 0 Å². The van der Waals surface area contributed by atoms with Crippen LogP contribution in [0.25, 0.3) is 6.08 Å². The highest BCUT2D eigenvalue weighted by Gasteiger charge is 2.32. The Balaban J connectivity index is 2.46. The van der Waals surface area contributed by atoms with Crippen molar-refractivity contribution in [1.82, 2.24) is 10.2 Å². The van der Waals surface area contributed by atoms with Crippen LogP contribution in [-0.2, 0) is 9.59 Å². The van der Waals surface area contributed by atoms with Gasteiger partial charge in [-0.2, -0.15) is 0 Å². The lowest BCUT2D eigenvalue weighted by Gasteiger charge is -2.27. The zero-order valence-corrected chi connectivity index (χ0v) is 19.1. The van der Waals surface area contributed by atoms with Crippen LogP contribution in [0.4, 0.5) is 0 Å². The molecule has 1 saturated heterocycles. The number of thiocarbonyl (C=S) groups is 1. The molecule has 1 atom stereocenters. The summed E-state index contributed by atoms with van der Waals surface area (Å²) in [6.45, 7) is 10.2. The van der Waals surface area contributed by atoms with Gasteiger partial charge in [-0.05, 0) is 78.8 Å². The second-order valence-corrected chi connectivity index (χ2v) is 7.67. The van der Waals surface area contributed by atoms with E-state index in [0.29, 0.717) is 23.7 Å². The van der Waals surface area contributed by atoms with Crippen LogP contribution in [0.15, 0.2) is 30.4 Å². The molecule has 1 N–H and O–H groups in total. The molecular formula is C20H23IN2O4S. The number of nitrogens with one attached hydrogen (secondary N) is 1. The van der Waals surface area contributed by atoms with Gasteiger partial charge < -0.3 is 9.47 Å². The molecule has 150 valence electrons. The average molecular weight is 514 g/mol. The zero-order valence-electron chi connectivity index (χ0n) is 16.1. The minimum atomic E-state index is -0.525. The lowest BCUT2D eigenvalue weighted by molar-refractivity contribution is -0.128. The minimum absolute atomic E-state index is 0.00398. The first kappa shape index (κ1) is 22.4. The van der Waals surface area contributed by atoms with Crippen molar-refractivity contribution in [3.8, 4) is 11.5 Å². The van der Waals surface area contributed by atoms with E-state index < -0.39 is 11.8 Å². The number of carbonyl (C=O) groups excluding carboxylic acids is 2. The van der Waals surface area contributed by atoms with Gasteiger partial charge >= 0.3 is 0 Å². The summed E-state index contributed by atoms with van der Waals surface area (Å²) in [4.78, 5) is 26.3. The number of halogens is 1. The van der Waals surface area contributed by atoms with Crippen LogP contribution >= 0.6 is 34.8 Å². The van der Waals surface area contributed by atoms with Gasteiger partial charge in [0.05, 0.1) is 16.3 Å². The fourth-order valence-corrected chi connectivity index (χ4v) is 3.49. The summed E-state index contributed by atoms with van der Waals surface area (Å²) in [5, 5.41) is 2.62. The largest absolute Gasteiger partial charge is 0.490 e. The van der Waals surface area contributed by atoms with Gasteiger partial charge in [-0.15, -0.1) is 6.58 Å². The molecule has 0 saturated carbocycles. The molecule has 1 aliphatic rings. The number of ether oxygens (including phenoxy) is 2. The third kappa shape index (κ3) is 5.11. The molecule has 0 aliphatic carbocycles. The van der Waals surface area contributed by atoms with Crippen molar-refractivity contribution in [2.75, 3.05) is 13.2 Å². The summed E-state index contributed by atoms with van der Waals surface area (Å²) >= 11 is 7.23. The molecule has 0 bridgehead atoms. The van der Waals surface area contributed by atoms with Crippen LogP contribution in [0.1, 0.15) is 32.8 Å². The van der Waals surface area contributed by atoms with E-state index >= 15 is 0 Å². The fraction of sp³-hybridized carbons (Fsp3) is 0.350. The van der Waals surface area contributed by atoms with Gasteiger partial charge in [0.25, 0.3) is 11.8 Å². The summed E-state index contributed by atoms with van der Waals surface area (Å²) in [5.74, 6) is 0.251. The van der Waals surface area contributed by atoms with Crippen LogP contribution in [-0.4, -0.2) is 41.1 Å². The molecule has 8 heteroatoms. The Labute approximate surface area is 184 Å². The van der Waals surface area contributed by atoms with E-state index in [1.165, 1.54) is 11.0 Å². The Morgan fingerprint density at radius 1 is 1.36 bits per heavy atom. The fourth-order valence-electron chi connectivity index (χ4n) is 2.49. The number of benzene rings is 1. The van der Waals surface area contributed by atoms with Gasteiger partial charge in [0.15, 0.2) is 16.6 Å². The SMILES string of the molecule is C=CCN1C(=O)/C(=C/c2cc(I)c(O[C@H](C)CC)c(OCC)c2)C(=O)NC1=S. The predicted molar refractivity (Wildman–Crippen MR) is 121 cm³/mol. The summed E-state index contributed by atoms with van der Waals surface area (Å²) in [6, 6.07) is 3.61. The molecule has 1 aromatic rings. The maximum atomic E-state index is 12.7. The smallest absolute Gasteiger partial charge is 0.265 e. The van der Waals surface area contributed by atoms with Gasteiger partial charge in [-0.3, -0.25) is 19.8 Å². The maximum Gasteiger partial charge on any atom is 0.265 e. The first-order valence-corrected chi connectivity index (χ1v) is 10.4. The number of nitrogens with zero attached hydrogens (tertiary/aromatic N) is 1. The average Bonchev–Trinajstić information content (AvgIpc) is 2.65. The highest BCUT2D eigenvalue weighted by molar-refractivity contribution is 14.1. The molecule has 6 nitrogen and oxygen atoms in total. The Bertz CT molecular complexity index is 838. The van der Waals surface area contributed by atoms with E-state index in [-0.39, 0.29) is 23.3 Å². The molecule has 2 rings (SSSR count). The van der Waals surface area contributed by atoms with E-state index in [1.807, 2.05) is 26.8 Å². The number of hydrogen-bond acceptors (Lipinski definition) is 5. The first-order valence-electron chi connectivity index (χ1n) is 8.95. The number of amides is 2. The van der Waals surface area contributed by atoms with Crippen molar-refractivity contribution in [2.45, 2.75) is 33.3 Å². The maximum absolute atomic E-state index is 12.7. The van der Waals surface area contributed by atoms with E-state index in [1.54, 1.807) is 12.1 Å². The van der Waals surface area contributed by atoms with Crippen molar-refractivity contribution >= 4 is 57.8 Å². The number of rotatable bonds is 8. The van der Waals surface area contributed by atoms with Crippen molar-refractivity contribution < 1.29 is 19.1 Å². The van der Waals surface area contributed by atoms with E-state index in [9.17, 15) is 9.59 Å². The predicted octanol–water partition coefficient (Wildman–Crippen LogP) is 3.68. The van der Waals surface area contributed by atoms with E-state index in [2.05, 4.69) is 34.5 Å². The Kier molecular flexibility index (Phi) is 7.99. The molecule has 0 spiro atoms. The number of carbonyl (C=O) groups is 2. The summed E-state index contributed by atoms with van der Waals surface area (Å²) in [5.41, 5.74) is 0.665. The standard InChI is InChI=1S/C20H23IN2O4S/c1-5-8-23-19(25)14(18(24)22-20(23)28)9-13-10-15(21)17(27-12(4)6-2)16(11-13)26-7-3/h5,9-12H,1,6-8H2,2-4H3,(H,22,24,28)/b14-9+/t12-/m1/s1.